The van der Waals surface area contributed by atoms with Gasteiger partial charge in [0.2, 0.25) is 0 Å². The van der Waals surface area contributed by atoms with Gasteiger partial charge in [0.15, 0.2) is 5.75 Å². The molecule has 96 valence electrons. The van der Waals surface area contributed by atoms with Crippen molar-refractivity contribution in [1.82, 2.24) is 15.1 Å². The number of rotatable bonds is 9. The second-order valence-corrected chi connectivity index (χ2v) is 4.72. The predicted molar refractivity (Wildman–Crippen MR) is 68.3 cm³/mol. The predicted octanol–water partition coefficient (Wildman–Crippen LogP) is 2.20. The SMILES string of the molecule is CCCn1cc(OCCCCNC2CC2)cn1. The Morgan fingerprint density at radius 2 is 2.35 bits per heavy atom. The highest BCUT2D eigenvalue weighted by Crippen LogP contribution is 2.18. The Morgan fingerprint density at radius 1 is 1.47 bits per heavy atom. The molecule has 0 radical (unpaired) electrons. The molecule has 0 atom stereocenters. The number of nitrogens with zero attached hydrogens (tertiary/aromatic N) is 2. The zero-order valence-electron chi connectivity index (χ0n) is 10.7. The molecule has 17 heavy (non-hydrogen) atoms. The fourth-order valence-corrected chi connectivity index (χ4v) is 1.78. The van der Waals surface area contributed by atoms with E-state index in [1.807, 2.05) is 10.9 Å². The van der Waals surface area contributed by atoms with Gasteiger partial charge in [0.25, 0.3) is 0 Å². The van der Waals surface area contributed by atoms with Crippen molar-refractivity contribution in [3.05, 3.63) is 12.4 Å². The van der Waals surface area contributed by atoms with Gasteiger partial charge in [-0.15, -0.1) is 0 Å². The Morgan fingerprint density at radius 3 is 3.12 bits per heavy atom. The molecule has 2 rings (SSSR count). The average molecular weight is 237 g/mol. The fraction of sp³-hybridized carbons (Fsp3) is 0.769. The fourth-order valence-electron chi connectivity index (χ4n) is 1.78. The lowest BCUT2D eigenvalue weighted by Crippen LogP contribution is -2.17. The summed E-state index contributed by atoms with van der Waals surface area (Å²) in [5.74, 6) is 0.897. The molecule has 0 amide bonds. The van der Waals surface area contributed by atoms with Gasteiger partial charge in [-0.2, -0.15) is 5.10 Å². The van der Waals surface area contributed by atoms with E-state index in [0.29, 0.717) is 0 Å². The first-order chi connectivity index (χ1) is 8.38. The number of unbranched alkanes of at least 4 members (excludes halogenated alkanes) is 1. The molecule has 0 unspecified atom stereocenters. The zero-order chi connectivity index (χ0) is 11.9. The summed E-state index contributed by atoms with van der Waals surface area (Å²) in [6.45, 7) is 5.04. The van der Waals surface area contributed by atoms with Gasteiger partial charge >= 0.3 is 0 Å². The minimum absolute atomic E-state index is 0.796. The lowest BCUT2D eigenvalue weighted by atomic mass is 10.3. The Hall–Kier alpha value is -1.03. The maximum absolute atomic E-state index is 5.64. The molecule has 1 aliphatic rings. The third-order valence-corrected chi connectivity index (χ3v) is 2.91. The van der Waals surface area contributed by atoms with Crippen molar-refractivity contribution in [2.45, 2.75) is 51.6 Å². The van der Waals surface area contributed by atoms with Crippen molar-refractivity contribution < 1.29 is 4.74 Å². The first-order valence-electron chi connectivity index (χ1n) is 6.77. The van der Waals surface area contributed by atoms with Crippen LogP contribution in [-0.4, -0.2) is 29.0 Å². The van der Waals surface area contributed by atoms with Crippen molar-refractivity contribution in [2.24, 2.45) is 0 Å². The lowest BCUT2D eigenvalue weighted by molar-refractivity contribution is 0.305. The van der Waals surface area contributed by atoms with Gasteiger partial charge in [-0.1, -0.05) is 6.92 Å². The van der Waals surface area contributed by atoms with E-state index in [0.717, 1.165) is 44.3 Å². The standard InChI is InChI=1S/C13H23N3O/c1-2-8-16-11-13(10-15-16)17-9-4-3-7-14-12-5-6-12/h10-12,14H,2-9H2,1H3. The van der Waals surface area contributed by atoms with Gasteiger partial charge < -0.3 is 10.1 Å². The lowest BCUT2D eigenvalue weighted by Gasteiger charge is -2.04. The number of hydrogen-bond acceptors (Lipinski definition) is 3. The van der Waals surface area contributed by atoms with Crippen LogP contribution in [0.2, 0.25) is 0 Å². The maximum atomic E-state index is 5.64. The quantitative estimate of drug-likeness (QED) is 0.669. The van der Waals surface area contributed by atoms with Crippen LogP contribution in [0, 0.1) is 0 Å². The van der Waals surface area contributed by atoms with E-state index in [1.54, 1.807) is 6.20 Å². The Balaban J connectivity index is 1.50. The molecule has 4 heteroatoms. The molecule has 0 spiro atoms. The molecule has 1 fully saturated rings. The normalized spacial score (nSPS) is 15.1. The van der Waals surface area contributed by atoms with Crippen molar-refractivity contribution in [3.8, 4) is 5.75 Å². The second kappa shape index (κ2) is 6.64. The first-order valence-corrected chi connectivity index (χ1v) is 6.77. The molecule has 0 aromatic carbocycles. The van der Waals surface area contributed by atoms with Crippen LogP contribution in [-0.2, 0) is 6.54 Å². The van der Waals surface area contributed by atoms with Crippen LogP contribution in [0.15, 0.2) is 12.4 Å². The van der Waals surface area contributed by atoms with Crippen LogP contribution in [0.4, 0.5) is 0 Å². The molecule has 1 heterocycles. The summed E-state index contributed by atoms with van der Waals surface area (Å²) in [5.41, 5.74) is 0. The topological polar surface area (TPSA) is 39.1 Å². The van der Waals surface area contributed by atoms with Crippen molar-refractivity contribution in [2.75, 3.05) is 13.2 Å². The molecule has 4 nitrogen and oxygen atoms in total. The summed E-state index contributed by atoms with van der Waals surface area (Å²) in [7, 11) is 0. The monoisotopic (exact) mass is 237 g/mol. The Bertz CT molecular complexity index is 320. The van der Waals surface area contributed by atoms with Gasteiger partial charge in [0.1, 0.15) is 0 Å². The molecule has 0 saturated heterocycles. The Labute approximate surface area is 103 Å². The first kappa shape index (κ1) is 12.4. The summed E-state index contributed by atoms with van der Waals surface area (Å²) in [5, 5.41) is 7.74. The molecular formula is C13H23N3O. The van der Waals surface area contributed by atoms with Crippen molar-refractivity contribution >= 4 is 0 Å². The minimum atomic E-state index is 0.796. The summed E-state index contributed by atoms with van der Waals surface area (Å²) >= 11 is 0. The van der Waals surface area contributed by atoms with E-state index < -0.39 is 0 Å². The van der Waals surface area contributed by atoms with Gasteiger partial charge in [0, 0.05) is 12.6 Å². The molecule has 1 N–H and O–H groups in total. The number of hydrogen-bond donors (Lipinski definition) is 1. The molecule has 1 aliphatic carbocycles. The van der Waals surface area contributed by atoms with E-state index in [2.05, 4.69) is 17.3 Å². The van der Waals surface area contributed by atoms with Gasteiger partial charge in [-0.25, -0.2) is 0 Å². The largest absolute Gasteiger partial charge is 0.490 e. The van der Waals surface area contributed by atoms with E-state index >= 15 is 0 Å². The van der Waals surface area contributed by atoms with E-state index in [-0.39, 0.29) is 0 Å². The molecule has 1 aromatic heterocycles. The van der Waals surface area contributed by atoms with Crippen LogP contribution in [0.1, 0.15) is 39.0 Å². The van der Waals surface area contributed by atoms with E-state index in [9.17, 15) is 0 Å². The number of nitrogens with one attached hydrogen (secondary N) is 1. The van der Waals surface area contributed by atoms with Gasteiger partial charge in [-0.05, 0) is 38.6 Å². The van der Waals surface area contributed by atoms with E-state index in [4.69, 9.17) is 4.74 Å². The van der Waals surface area contributed by atoms with Gasteiger partial charge in [0.05, 0.1) is 19.0 Å². The third kappa shape index (κ3) is 4.77. The summed E-state index contributed by atoms with van der Waals surface area (Å²) in [6, 6.07) is 0.822. The highest BCUT2D eigenvalue weighted by molar-refractivity contribution is 5.11. The maximum Gasteiger partial charge on any atom is 0.157 e. The molecule has 0 aliphatic heterocycles. The van der Waals surface area contributed by atoms with Crippen LogP contribution >= 0.6 is 0 Å². The van der Waals surface area contributed by atoms with E-state index in [1.165, 1.54) is 19.3 Å². The summed E-state index contributed by atoms with van der Waals surface area (Å²) in [4.78, 5) is 0. The number of ether oxygens (including phenoxy) is 1. The van der Waals surface area contributed by atoms with Crippen LogP contribution in [0.3, 0.4) is 0 Å². The van der Waals surface area contributed by atoms with Crippen LogP contribution in [0.5, 0.6) is 5.75 Å². The van der Waals surface area contributed by atoms with Crippen LogP contribution in [0.25, 0.3) is 0 Å². The van der Waals surface area contributed by atoms with Crippen molar-refractivity contribution in [1.29, 1.82) is 0 Å². The van der Waals surface area contributed by atoms with Crippen molar-refractivity contribution in [3.63, 3.8) is 0 Å². The number of aryl methyl sites for hydroxylation is 1. The highest BCUT2D eigenvalue weighted by Gasteiger charge is 2.19. The molecule has 0 bridgehead atoms. The smallest absolute Gasteiger partial charge is 0.157 e. The van der Waals surface area contributed by atoms with Crippen LogP contribution < -0.4 is 10.1 Å². The zero-order valence-corrected chi connectivity index (χ0v) is 10.7. The molecule has 1 aromatic rings. The highest BCUT2D eigenvalue weighted by atomic mass is 16.5. The second-order valence-electron chi connectivity index (χ2n) is 4.72. The minimum Gasteiger partial charge on any atom is -0.490 e. The third-order valence-electron chi connectivity index (χ3n) is 2.91. The van der Waals surface area contributed by atoms with Gasteiger partial charge in [-0.3, -0.25) is 4.68 Å². The summed E-state index contributed by atoms with van der Waals surface area (Å²) < 4.78 is 7.58. The molecule has 1 saturated carbocycles. The average Bonchev–Trinajstić information content (AvgIpc) is 3.05. The Kier molecular flexibility index (Phi) is 4.86. The number of aromatic nitrogens is 2. The molecular weight excluding hydrogens is 214 g/mol. The summed E-state index contributed by atoms with van der Waals surface area (Å²) in [6.07, 6.45) is 9.93.